The van der Waals surface area contributed by atoms with Crippen molar-refractivity contribution in [1.29, 1.82) is 0 Å². The zero-order valence-corrected chi connectivity index (χ0v) is 11.1. The maximum atomic E-state index is 12.1. The Labute approximate surface area is 99.3 Å². The number of rotatable bonds is 3. The third kappa shape index (κ3) is 1.48. The molecule has 0 spiro atoms. The van der Waals surface area contributed by atoms with Gasteiger partial charge in [-0.25, -0.2) is 0 Å². The van der Waals surface area contributed by atoms with Crippen molar-refractivity contribution in [3.8, 4) is 0 Å². The van der Waals surface area contributed by atoms with Crippen LogP contribution in [0.2, 0.25) is 0 Å². The summed E-state index contributed by atoms with van der Waals surface area (Å²) in [6, 6.07) is 0. The summed E-state index contributed by atoms with van der Waals surface area (Å²) in [5.41, 5.74) is 1.66. The zero-order chi connectivity index (χ0) is 12.0. The average molecular weight is 220 g/mol. The molecular formula is C15H24O. The zero-order valence-electron chi connectivity index (χ0n) is 11.1. The van der Waals surface area contributed by atoms with Crippen molar-refractivity contribution in [2.24, 2.45) is 16.7 Å². The van der Waals surface area contributed by atoms with Gasteiger partial charge in [0.25, 0.3) is 0 Å². The first kappa shape index (κ1) is 11.9. The fourth-order valence-electron chi connectivity index (χ4n) is 3.89. The molecule has 0 radical (unpaired) electrons. The Hall–Kier alpha value is -0.590. The van der Waals surface area contributed by atoms with Crippen molar-refractivity contribution in [3.05, 3.63) is 11.6 Å². The van der Waals surface area contributed by atoms with Crippen molar-refractivity contribution in [2.75, 3.05) is 0 Å². The number of carbonyl (C=O) groups excluding carboxylic acids is 1. The summed E-state index contributed by atoms with van der Waals surface area (Å²) in [6.07, 6.45) is 7.89. The lowest BCUT2D eigenvalue weighted by Gasteiger charge is -2.36. The van der Waals surface area contributed by atoms with Crippen LogP contribution in [0.5, 0.6) is 0 Å². The minimum atomic E-state index is -0.00679. The van der Waals surface area contributed by atoms with E-state index in [-0.39, 0.29) is 10.8 Å². The first-order chi connectivity index (χ1) is 7.40. The van der Waals surface area contributed by atoms with Crippen LogP contribution < -0.4 is 0 Å². The quantitative estimate of drug-likeness (QED) is 0.654. The normalized spacial score (nSPS) is 41.5. The molecule has 2 aliphatic rings. The van der Waals surface area contributed by atoms with E-state index in [1.807, 2.05) is 0 Å². The van der Waals surface area contributed by atoms with E-state index in [1.54, 1.807) is 0 Å². The van der Waals surface area contributed by atoms with Crippen LogP contribution >= 0.6 is 0 Å². The van der Waals surface area contributed by atoms with Gasteiger partial charge in [0.15, 0.2) is 0 Å². The van der Waals surface area contributed by atoms with Gasteiger partial charge in [-0.1, -0.05) is 25.5 Å². The molecule has 2 saturated carbocycles. The predicted octanol–water partition coefficient (Wildman–Crippen LogP) is 4.13. The molecule has 2 bridgehead atoms. The minimum Gasteiger partial charge on any atom is -0.299 e. The topological polar surface area (TPSA) is 17.1 Å². The molecule has 0 heterocycles. The van der Waals surface area contributed by atoms with Crippen LogP contribution in [0.25, 0.3) is 0 Å². The molecule has 0 saturated heterocycles. The second-order valence-electron chi connectivity index (χ2n) is 6.43. The number of allylic oxidation sites excluding steroid dienone is 2. The summed E-state index contributed by atoms with van der Waals surface area (Å²) in [5, 5.41) is 0. The third-order valence-corrected chi connectivity index (χ3v) is 5.42. The van der Waals surface area contributed by atoms with E-state index in [1.165, 1.54) is 18.4 Å². The van der Waals surface area contributed by atoms with Crippen LogP contribution in [0.4, 0.5) is 0 Å². The molecule has 16 heavy (non-hydrogen) atoms. The van der Waals surface area contributed by atoms with Crippen LogP contribution in [0.1, 0.15) is 59.8 Å². The number of Topliss-reactive ketones (excluding diaryl/α,β-unsaturated/α-hetero) is 1. The van der Waals surface area contributed by atoms with Crippen LogP contribution in [-0.4, -0.2) is 5.78 Å². The molecular weight excluding hydrogens is 196 g/mol. The van der Waals surface area contributed by atoms with E-state index in [4.69, 9.17) is 0 Å². The van der Waals surface area contributed by atoms with Gasteiger partial charge >= 0.3 is 0 Å². The van der Waals surface area contributed by atoms with Gasteiger partial charge < -0.3 is 0 Å². The monoisotopic (exact) mass is 220 g/mol. The highest BCUT2D eigenvalue weighted by Gasteiger charge is 2.62. The van der Waals surface area contributed by atoms with Crippen molar-refractivity contribution in [1.82, 2.24) is 0 Å². The fourth-order valence-corrected chi connectivity index (χ4v) is 3.89. The Balaban J connectivity index is 2.13. The highest BCUT2D eigenvalue weighted by Crippen LogP contribution is 2.65. The van der Waals surface area contributed by atoms with Crippen LogP contribution in [0.3, 0.4) is 0 Å². The molecule has 3 atom stereocenters. The Morgan fingerprint density at radius 2 is 2.12 bits per heavy atom. The Bertz CT molecular complexity index is 337. The molecule has 0 unspecified atom stereocenters. The van der Waals surface area contributed by atoms with E-state index in [0.717, 1.165) is 19.3 Å². The molecule has 0 aromatic rings. The van der Waals surface area contributed by atoms with E-state index >= 15 is 0 Å². The van der Waals surface area contributed by atoms with Gasteiger partial charge in [-0.3, -0.25) is 4.79 Å². The molecule has 0 aromatic carbocycles. The SMILES string of the molecule is CC(C)=CCC[C@@]1(C)[C@@H]2CC[C@@]1(C)C(=O)C2. The van der Waals surface area contributed by atoms with Crippen molar-refractivity contribution in [2.45, 2.75) is 59.8 Å². The molecule has 0 aromatic heterocycles. The van der Waals surface area contributed by atoms with Gasteiger partial charge in [0.2, 0.25) is 0 Å². The highest BCUT2D eigenvalue weighted by atomic mass is 16.1. The molecule has 2 aliphatic carbocycles. The molecule has 1 heteroatoms. The number of carbonyl (C=O) groups is 1. The standard InChI is InChI=1S/C15H24O/c1-11(2)6-5-8-14(3)12-7-9-15(14,4)13(16)10-12/h6,12H,5,7-10H2,1-4H3/t12-,14+,15+/m1/s1. The lowest BCUT2D eigenvalue weighted by Crippen LogP contribution is -2.34. The Morgan fingerprint density at radius 3 is 2.56 bits per heavy atom. The maximum Gasteiger partial charge on any atom is 0.139 e. The van der Waals surface area contributed by atoms with E-state index < -0.39 is 0 Å². The molecule has 0 N–H and O–H groups in total. The summed E-state index contributed by atoms with van der Waals surface area (Å²) in [6.45, 7) is 8.87. The van der Waals surface area contributed by atoms with Crippen molar-refractivity contribution >= 4 is 5.78 Å². The summed E-state index contributed by atoms with van der Waals surface area (Å²) >= 11 is 0. The van der Waals surface area contributed by atoms with Crippen LogP contribution in [0, 0.1) is 16.7 Å². The van der Waals surface area contributed by atoms with Gasteiger partial charge in [0.05, 0.1) is 0 Å². The van der Waals surface area contributed by atoms with Gasteiger partial charge in [-0.2, -0.15) is 0 Å². The van der Waals surface area contributed by atoms with Gasteiger partial charge in [-0.15, -0.1) is 0 Å². The summed E-state index contributed by atoms with van der Waals surface area (Å²) < 4.78 is 0. The van der Waals surface area contributed by atoms with E-state index in [9.17, 15) is 4.79 Å². The van der Waals surface area contributed by atoms with Gasteiger partial charge in [0.1, 0.15) is 5.78 Å². The first-order valence-electron chi connectivity index (χ1n) is 6.57. The second-order valence-corrected chi connectivity index (χ2v) is 6.43. The fraction of sp³-hybridized carbons (Fsp3) is 0.800. The lowest BCUT2D eigenvalue weighted by molar-refractivity contribution is -0.128. The van der Waals surface area contributed by atoms with E-state index in [2.05, 4.69) is 33.8 Å². The molecule has 1 nitrogen and oxygen atoms in total. The summed E-state index contributed by atoms with van der Waals surface area (Å²) in [7, 11) is 0. The Morgan fingerprint density at radius 1 is 1.44 bits per heavy atom. The molecule has 0 aliphatic heterocycles. The highest BCUT2D eigenvalue weighted by molar-refractivity contribution is 5.89. The molecule has 2 rings (SSSR count). The number of hydrogen-bond donors (Lipinski definition) is 0. The second kappa shape index (κ2) is 3.72. The van der Waals surface area contributed by atoms with Crippen molar-refractivity contribution in [3.63, 3.8) is 0 Å². The number of fused-ring (bicyclic) bond motifs is 2. The lowest BCUT2D eigenvalue weighted by atomic mass is 9.66. The summed E-state index contributed by atoms with van der Waals surface area (Å²) in [5.74, 6) is 1.19. The Kier molecular flexibility index (Phi) is 2.76. The average Bonchev–Trinajstić information content (AvgIpc) is 2.52. The minimum absolute atomic E-state index is 0.00679. The molecule has 2 fully saturated rings. The maximum absolute atomic E-state index is 12.1. The smallest absolute Gasteiger partial charge is 0.139 e. The summed E-state index contributed by atoms with van der Waals surface area (Å²) in [4.78, 5) is 12.1. The number of ketones is 1. The van der Waals surface area contributed by atoms with Crippen molar-refractivity contribution < 1.29 is 4.79 Å². The largest absolute Gasteiger partial charge is 0.299 e. The van der Waals surface area contributed by atoms with Crippen LogP contribution in [-0.2, 0) is 4.79 Å². The molecule has 90 valence electrons. The first-order valence-corrected chi connectivity index (χ1v) is 6.57. The van der Waals surface area contributed by atoms with E-state index in [0.29, 0.717) is 11.7 Å². The van der Waals surface area contributed by atoms with Gasteiger partial charge in [-0.05, 0) is 50.9 Å². The van der Waals surface area contributed by atoms with Gasteiger partial charge in [0, 0.05) is 11.8 Å². The van der Waals surface area contributed by atoms with Crippen LogP contribution in [0.15, 0.2) is 11.6 Å². The third-order valence-electron chi connectivity index (χ3n) is 5.42. The number of hydrogen-bond acceptors (Lipinski definition) is 1. The molecule has 0 amide bonds. The predicted molar refractivity (Wildman–Crippen MR) is 67.2 cm³/mol.